The van der Waals surface area contributed by atoms with E-state index in [-0.39, 0.29) is 11.4 Å². The molecule has 0 aliphatic heterocycles. The van der Waals surface area contributed by atoms with Crippen molar-refractivity contribution in [2.75, 3.05) is 18.6 Å². The van der Waals surface area contributed by atoms with E-state index in [0.29, 0.717) is 6.42 Å². The number of carbonyl (C=O) groups excluding carboxylic acids is 1. The van der Waals surface area contributed by atoms with Gasteiger partial charge in [0, 0.05) is 16.3 Å². The second-order valence-corrected chi connectivity index (χ2v) is 5.66. The van der Waals surface area contributed by atoms with Crippen LogP contribution in [-0.2, 0) is 9.53 Å². The fourth-order valence-corrected chi connectivity index (χ4v) is 3.03. The van der Waals surface area contributed by atoms with Gasteiger partial charge in [-0.3, -0.25) is 4.79 Å². The van der Waals surface area contributed by atoms with E-state index in [0.717, 1.165) is 24.3 Å². The Morgan fingerprint density at radius 3 is 2.88 bits per heavy atom. The third-order valence-electron chi connectivity index (χ3n) is 3.11. The lowest BCUT2D eigenvalue weighted by molar-refractivity contribution is -0.141. The van der Waals surface area contributed by atoms with Crippen molar-refractivity contribution >= 4 is 23.4 Å². The maximum Gasteiger partial charge on any atom is 0.306 e. The summed E-state index contributed by atoms with van der Waals surface area (Å²) in [6.07, 6.45) is 2.79. The van der Waals surface area contributed by atoms with Crippen molar-refractivity contribution in [2.45, 2.75) is 24.2 Å². The van der Waals surface area contributed by atoms with Crippen LogP contribution in [0, 0.1) is 5.41 Å². The number of thioether (sulfide) groups is 1. The molecule has 0 saturated heterocycles. The predicted octanol–water partition coefficient (Wildman–Crippen LogP) is 2.70. The van der Waals surface area contributed by atoms with Crippen LogP contribution in [0.2, 0.25) is 0 Å². The van der Waals surface area contributed by atoms with Crippen molar-refractivity contribution in [2.24, 2.45) is 5.41 Å². The van der Waals surface area contributed by atoms with E-state index in [4.69, 9.17) is 10.5 Å². The van der Waals surface area contributed by atoms with Crippen LogP contribution in [0.4, 0.5) is 5.69 Å². The van der Waals surface area contributed by atoms with E-state index in [1.165, 1.54) is 12.0 Å². The van der Waals surface area contributed by atoms with E-state index >= 15 is 0 Å². The van der Waals surface area contributed by atoms with Crippen LogP contribution in [0.25, 0.3) is 0 Å². The molecule has 0 spiro atoms. The van der Waals surface area contributed by atoms with E-state index in [9.17, 15) is 4.79 Å². The monoisotopic (exact) mass is 251 g/mol. The minimum Gasteiger partial charge on any atom is -0.469 e. The first-order valence-electron chi connectivity index (χ1n) is 5.69. The Morgan fingerprint density at radius 2 is 2.29 bits per heavy atom. The molecule has 0 unspecified atom stereocenters. The van der Waals surface area contributed by atoms with Crippen LogP contribution >= 0.6 is 11.8 Å². The molecular formula is C13H17NO2S. The molecule has 1 aliphatic carbocycles. The van der Waals surface area contributed by atoms with Crippen molar-refractivity contribution < 1.29 is 9.53 Å². The van der Waals surface area contributed by atoms with Crippen LogP contribution in [0.5, 0.6) is 0 Å². The molecule has 1 fully saturated rings. The first kappa shape index (κ1) is 12.3. The fourth-order valence-electron chi connectivity index (χ4n) is 1.77. The normalized spacial score (nSPS) is 16.5. The number of carbonyl (C=O) groups is 1. The number of nitrogen functional groups attached to an aromatic ring is 1. The van der Waals surface area contributed by atoms with Gasteiger partial charge in [-0.1, -0.05) is 6.07 Å². The number of ether oxygens (including phenoxy) is 1. The predicted molar refractivity (Wildman–Crippen MR) is 69.9 cm³/mol. The Bertz CT molecular complexity index is 416. The Morgan fingerprint density at radius 1 is 1.53 bits per heavy atom. The van der Waals surface area contributed by atoms with Crippen LogP contribution in [0.1, 0.15) is 19.3 Å². The summed E-state index contributed by atoms with van der Waals surface area (Å²) in [4.78, 5) is 12.4. The molecule has 1 aromatic carbocycles. The number of hydrogen-bond acceptors (Lipinski definition) is 4. The average Bonchev–Trinajstić information content (AvgIpc) is 3.07. The lowest BCUT2D eigenvalue weighted by atomic mass is 10.1. The maximum absolute atomic E-state index is 11.3. The van der Waals surface area contributed by atoms with Crippen LogP contribution in [0.15, 0.2) is 29.2 Å². The molecule has 1 aliphatic rings. The van der Waals surface area contributed by atoms with E-state index in [2.05, 4.69) is 6.07 Å². The second-order valence-electron chi connectivity index (χ2n) is 4.61. The zero-order valence-electron chi connectivity index (χ0n) is 9.94. The van der Waals surface area contributed by atoms with Gasteiger partial charge in [-0.15, -0.1) is 11.8 Å². The Balaban J connectivity index is 1.88. The molecule has 0 heterocycles. The molecule has 1 saturated carbocycles. The molecule has 92 valence electrons. The molecule has 0 atom stereocenters. The summed E-state index contributed by atoms with van der Waals surface area (Å²) in [5.41, 5.74) is 6.68. The minimum absolute atomic E-state index is 0.101. The highest BCUT2D eigenvalue weighted by atomic mass is 32.2. The van der Waals surface area contributed by atoms with Crippen LogP contribution in [0.3, 0.4) is 0 Å². The molecule has 3 nitrogen and oxygen atoms in total. The van der Waals surface area contributed by atoms with E-state index < -0.39 is 0 Å². The highest BCUT2D eigenvalue weighted by Gasteiger charge is 2.44. The number of esters is 1. The summed E-state index contributed by atoms with van der Waals surface area (Å²) < 4.78 is 4.73. The van der Waals surface area contributed by atoms with Crippen molar-refractivity contribution in [3.05, 3.63) is 24.3 Å². The number of methoxy groups -OCH3 is 1. The Kier molecular flexibility index (Phi) is 3.62. The van der Waals surface area contributed by atoms with Crippen LogP contribution < -0.4 is 5.73 Å². The van der Waals surface area contributed by atoms with Gasteiger partial charge in [0.15, 0.2) is 0 Å². The van der Waals surface area contributed by atoms with Gasteiger partial charge < -0.3 is 10.5 Å². The first-order valence-corrected chi connectivity index (χ1v) is 6.67. The molecule has 1 aromatic rings. The molecule has 0 amide bonds. The molecule has 0 aromatic heterocycles. The van der Waals surface area contributed by atoms with Gasteiger partial charge in [0.1, 0.15) is 0 Å². The van der Waals surface area contributed by atoms with E-state index in [1.54, 1.807) is 11.8 Å². The summed E-state index contributed by atoms with van der Waals surface area (Å²) in [5, 5.41) is 0. The number of anilines is 1. The van der Waals surface area contributed by atoms with Gasteiger partial charge in [0.2, 0.25) is 0 Å². The van der Waals surface area contributed by atoms with Crippen molar-refractivity contribution in [1.29, 1.82) is 0 Å². The topological polar surface area (TPSA) is 52.3 Å². The summed E-state index contributed by atoms with van der Waals surface area (Å²) >= 11 is 1.77. The lowest BCUT2D eigenvalue weighted by Gasteiger charge is -2.13. The molecule has 17 heavy (non-hydrogen) atoms. The number of hydrogen-bond donors (Lipinski definition) is 1. The van der Waals surface area contributed by atoms with Gasteiger partial charge in [-0.05, 0) is 36.5 Å². The zero-order chi connectivity index (χ0) is 12.3. The molecular weight excluding hydrogens is 234 g/mol. The Labute approximate surface area is 106 Å². The fraction of sp³-hybridized carbons (Fsp3) is 0.462. The first-order chi connectivity index (χ1) is 8.13. The van der Waals surface area contributed by atoms with Crippen molar-refractivity contribution in [3.63, 3.8) is 0 Å². The molecule has 0 radical (unpaired) electrons. The standard InChI is InChI=1S/C13H17NO2S/c1-16-12(15)8-13(5-6-13)9-17-11-4-2-3-10(14)7-11/h2-4,7H,5-6,8-9,14H2,1H3. The summed E-state index contributed by atoms with van der Waals surface area (Å²) in [5.74, 6) is 0.863. The summed E-state index contributed by atoms with van der Waals surface area (Å²) in [6, 6.07) is 7.86. The quantitative estimate of drug-likeness (QED) is 0.496. The highest BCUT2D eigenvalue weighted by Crippen LogP contribution is 2.52. The smallest absolute Gasteiger partial charge is 0.306 e. The van der Waals surface area contributed by atoms with E-state index in [1.807, 2.05) is 18.2 Å². The van der Waals surface area contributed by atoms with Gasteiger partial charge in [0.25, 0.3) is 0 Å². The van der Waals surface area contributed by atoms with Gasteiger partial charge >= 0.3 is 5.97 Å². The van der Waals surface area contributed by atoms with Gasteiger partial charge in [-0.25, -0.2) is 0 Å². The summed E-state index contributed by atoms with van der Waals surface area (Å²) in [6.45, 7) is 0. The second kappa shape index (κ2) is 5.00. The number of benzene rings is 1. The van der Waals surface area contributed by atoms with Gasteiger partial charge in [-0.2, -0.15) is 0 Å². The molecule has 2 rings (SSSR count). The molecule has 4 heteroatoms. The number of rotatable bonds is 5. The Hall–Kier alpha value is -1.16. The largest absolute Gasteiger partial charge is 0.469 e. The van der Waals surface area contributed by atoms with Gasteiger partial charge in [0.05, 0.1) is 13.5 Å². The molecule has 0 bridgehead atoms. The lowest BCUT2D eigenvalue weighted by Crippen LogP contribution is -2.12. The van der Waals surface area contributed by atoms with Crippen molar-refractivity contribution in [3.8, 4) is 0 Å². The van der Waals surface area contributed by atoms with Crippen LogP contribution in [-0.4, -0.2) is 18.8 Å². The minimum atomic E-state index is -0.101. The third-order valence-corrected chi connectivity index (χ3v) is 4.45. The zero-order valence-corrected chi connectivity index (χ0v) is 10.8. The SMILES string of the molecule is COC(=O)CC1(CSc2cccc(N)c2)CC1. The third kappa shape index (κ3) is 3.40. The maximum atomic E-state index is 11.3. The van der Waals surface area contributed by atoms with Crippen molar-refractivity contribution in [1.82, 2.24) is 0 Å². The summed E-state index contributed by atoms with van der Waals surface area (Å²) in [7, 11) is 1.45. The molecule has 2 N–H and O–H groups in total. The number of nitrogens with two attached hydrogens (primary N) is 1. The average molecular weight is 251 g/mol. The highest BCUT2D eigenvalue weighted by molar-refractivity contribution is 7.99.